The van der Waals surface area contributed by atoms with Crippen LogP contribution >= 0.6 is 0 Å². The molecule has 0 heterocycles. The highest BCUT2D eigenvalue weighted by Gasteiger charge is 2.22. The zero-order valence-corrected chi connectivity index (χ0v) is 16.9. The first kappa shape index (κ1) is 22.0. The van der Waals surface area contributed by atoms with Gasteiger partial charge in [0.25, 0.3) is 0 Å². The van der Waals surface area contributed by atoms with E-state index in [1.54, 1.807) is 51.1 Å². The highest BCUT2D eigenvalue weighted by atomic mass is 19.1. The summed E-state index contributed by atoms with van der Waals surface area (Å²) in [5, 5.41) is 2.77. The molecule has 0 aromatic heterocycles. The van der Waals surface area contributed by atoms with Gasteiger partial charge in [-0.15, -0.1) is 0 Å². The van der Waals surface area contributed by atoms with E-state index in [0.717, 1.165) is 6.08 Å². The normalized spacial score (nSPS) is 12.4. The van der Waals surface area contributed by atoms with Crippen molar-refractivity contribution < 1.29 is 23.5 Å². The lowest BCUT2D eigenvalue weighted by Gasteiger charge is -2.18. The van der Waals surface area contributed by atoms with E-state index in [-0.39, 0.29) is 11.7 Å². The third-order valence-corrected chi connectivity index (χ3v) is 4.03. The van der Waals surface area contributed by atoms with Crippen LogP contribution in [0.25, 0.3) is 6.08 Å². The zero-order chi connectivity index (χ0) is 21.6. The van der Waals surface area contributed by atoms with Gasteiger partial charge in [0.05, 0.1) is 0 Å². The van der Waals surface area contributed by atoms with Gasteiger partial charge >= 0.3 is 5.97 Å². The Labute approximate surface area is 169 Å². The molecule has 1 atom stereocenters. The van der Waals surface area contributed by atoms with Crippen LogP contribution in [0.5, 0.6) is 0 Å². The minimum atomic E-state index is -0.991. The Morgan fingerprint density at radius 2 is 1.72 bits per heavy atom. The first-order chi connectivity index (χ1) is 13.6. The molecule has 0 aliphatic rings. The SMILES string of the molecule is C[C@@H](OC(=O)/C=C/c1cccc(F)c1)C(=O)c1ccc(NC(=O)C(C)(C)C)cc1. The highest BCUT2D eigenvalue weighted by molar-refractivity contribution is 6.01. The van der Waals surface area contributed by atoms with E-state index < -0.39 is 23.3 Å². The number of ketones is 1. The van der Waals surface area contributed by atoms with Crippen molar-refractivity contribution in [1.29, 1.82) is 0 Å². The number of anilines is 1. The average molecular weight is 397 g/mol. The molecule has 2 aromatic rings. The van der Waals surface area contributed by atoms with Crippen molar-refractivity contribution in [2.45, 2.75) is 33.8 Å². The molecule has 29 heavy (non-hydrogen) atoms. The Morgan fingerprint density at radius 1 is 1.07 bits per heavy atom. The summed E-state index contributed by atoms with van der Waals surface area (Å²) in [6, 6.07) is 12.1. The number of amides is 1. The molecule has 1 amide bonds. The second kappa shape index (κ2) is 9.28. The molecule has 2 aromatic carbocycles. The summed E-state index contributed by atoms with van der Waals surface area (Å²) in [6.45, 7) is 6.89. The quantitative estimate of drug-likeness (QED) is 0.438. The smallest absolute Gasteiger partial charge is 0.331 e. The maximum Gasteiger partial charge on any atom is 0.331 e. The summed E-state index contributed by atoms with van der Waals surface area (Å²) in [5.41, 5.74) is 0.905. The van der Waals surface area contributed by atoms with Crippen LogP contribution in [0.1, 0.15) is 43.6 Å². The van der Waals surface area contributed by atoms with Crippen LogP contribution in [-0.4, -0.2) is 23.8 Å². The van der Waals surface area contributed by atoms with Gasteiger partial charge in [-0.2, -0.15) is 0 Å². The molecule has 6 heteroatoms. The topological polar surface area (TPSA) is 72.5 Å². The summed E-state index contributed by atoms with van der Waals surface area (Å²) < 4.78 is 18.3. The summed E-state index contributed by atoms with van der Waals surface area (Å²) in [7, 11) is 0. The monoisotopic (exact) mass is 397 g/mol. The molecule has 0 aliphatic carbocycles. The van der Waals surface area contributed by atoms with Crippen molar-refractivity contribution in [3.05, 3.63) is 71.6 Å². The number of rotatable bonds is 6. The van der Waals surface area contributed by atoms with E-state index in [0.29, 0.717) is 16.8 Å². The largest absolute Gasteiger partial charge is 0.451 e. The van der Waals surface area contributed by atoms with Gasteiger partial charge in [0.1, 0.15) is 5.82 Å². The lowest BCUT2D eigenvalue weighted by atomic mass is 9.95. The Kier molecular flexibility index (Phi) is 7.04. The summed E-state index contributed by atoms with van der Waals surface area (Å²) in [6.07, 6.45) is 1.56. The number of carbonyl (C=O) groups excluding carboxylic acids is 3. The molecule has 2 rings (SSSR count). The van der Waals surface area contributed by atoms with Crippen molar-refractivity contribution >= 4 is 29.4 Å². The number of hydrogen-bond acceptors (Lipinski definition) is 4. The van der Waals surface area contributed by atoms with Crippen LogP contribution in [0.2, 0.25) is 0 Å². The summed E-state index contributed by atoms with van der Waals surface area (Å²) in [4.78, 5) is 36.4. The van der Waals surface area contributed by atoms with Crippen molar-refractivity contribution in [1.82, 2.24) is 0 Å². The first-order valence-electron chi connectivity index (χ1n) is 9.16. The number of halogens is 1. The lowest BCUT2D eigenvalue weighted by molar-refractivity contribution is -0.140. The van der Waals surface area contributed by atoms with Gasteiger partial charge in [0.2, 0.25) is 11.7 Å². The zero-order valence-electron chi connectivity index (χ0n) is 16.9. The Bertz CT molecular complexity index is 927. The van der Waals surface area contributed by atoms with Crippen molar-refractivity contribution in [3.8, 4) is 0 Å². The number of carbonyl (C=O) groups is 3. The number of nitrogens with one attached hydrogen (secondary N) is 1. The molecule has 0 saturated heterocycles. The maximum absolute atomic E-state index is 13.1. The molecular weight excluding hydrogens is 373 g/mol. The van der Waals surface area contributed by atoms with E-state index in [2.05, 4.69) is 5.32 Å². The van der Waals surface area contributed by atoms with Gasteiger partial charge in [-0.25, -0.2) is 9.18 Å². The Balaban J connectivity index is 1.95. The Hall–Kier alpha value is -3.28. The fourth-order valence-electron chi connectivity index (χ4n) is 2.31. The van der Waals surface area contributed by atoms with Gasteiger partial charge in [-0.3, -0.25) is 9.59 Å². The molecule has 0 bridgehead atoms. The van der Waals surface area contributed by atoms with Crippen LogP contribution in [0.3, 0.4) is 0 Å². The molecule has 1 N–H and O–H groups in total. The number of hydrogen-bond donors (Lipinski definition) is 1. The van der Waals surface area contributed by atoms with Crippen LogP contribution in [0.15, 0.2) is 54.6 Å². The van der Waals surface area contributed by atoms with Gasteiger partial charge in [-0.05, 0) is 55.0 Å². The van der Waals surface area contributed by atoms with Crippen LogP contribution in [0.4, 0.5) is 10.1 Å². The van der Waals surface area contributed by atoms with E-state index in [9.17, 15) is 18.8 Å². The highest BCUT2D eigenvalue weighted by Crippen LogP contribution is 2.18. The fourth-order valence-corrected chi connectivity index (χ4v) is 2.31. The first-order valence-corrected chi connectivity index (χ1v) is 9.16. The molecular formula is C23H24FNO4. The molecule has 0 saturated carbocycles. The number of benzene rings is 2. The second-order valence-corrected chi connectivity index (χ2v) is 7.61. The van der Waals surface area contributed by atoms with Gasteiger partial charge < -0.3 is 10.1 Å². The molecule has 0 spiro atoms. The number of esters is 1. The summed E-state index contributed by atoms with van der Waals surface area (Å²) in [5.74, 6) is -1.62. The molecule has 5 nitrogen and oxygen atoms in total. The fraction of sp³-hybridized carbons (Fsp3) is 0.261. The minimum Gasteiger partial charge on any atom is -0.451 e. The molecule has 0 fully saturated rings. The van der Waals surface area contributed by atoms with Crippen molar-refractivity contribution in [2.75, 3.05) is 5.32 Å². The van der Waals surface area contributed by atoms with Crippen LogP contribution in [-0.2, 0) is 14.3 Å². The molecule has 0 aliphatic heterocycles. The van der Waals surface area contributed by atoms with E-state index in [1.165, 1.54) is 31.2 Å². The average Bonchev–Trinajstić information content (AvgIpc) is 2.65. The number of Topliss-reactive ketones (excluding diaryl/α,β-unsaturated/α-hetero) is 1. The third kappa shape index (κ3) is 6.68. The van der Waals surface area contributed by atoms with E-state index in [1.807, 2.05) is 0 Å². The van der Waals surface area contributed by atoms with Gasteiger partial charge in [-0.1, -0.05) is 32.9 Å². The van der Waals surface area contributed by atoms with Gasteiger partial charge in [0, 0.05) is 22.7 Å². The second-order valence-electron chi connectivity index (χ2n) is 7.61. The van der Waals surface area contributed by atoms with E-state index in [4.69, 9.17) is 4.74 Å². The number of ether oxygens (including phenoxy) is 1. The molecule has 0 radical (unpaired) electrons. The van der Waals surface area contributed by atoms with E-state index >= 15 is 0 Å². The van der Waals surface area contributed by atoms with Crippen molar-refractivity contribution in [2.24, 2.45) is 5.41 Å². The predicted molar refractivity (Wildman–Crippen MR) is 110 cm³/mol. The summed E-state index contributed by atoms with van der Waals surface area (Å²) >= 11 is 0. The maximum atomic E-state index is 13.1. The Morgan fingerprint density at radius 3 is 2.31 bits per heavy atom. The molecule has 0 unspecified atom stereocenters. The molecule has 152 valence electrons. The third-order valence-electron chi connectivity index (χ3n) is 4.03. The lowest BCUT2D eigenvalue weighted by Crippen LogP contribution is -2.27. The van der Waals surface area contributed by atoms with Crippen molar-refractivity contribution in [3.63, 3.8) is 0 Å². The van der Waals surface area contributed by atoms with Gasteiger partial charge in [0.15, 0.2) is 6.10 Å². The van der Waals surface area contributed by atoms with Crippen LogP contribution in [0, 0.1) is 11.2 Å². The predicted octanol–water partition coefficient (Wildman–Crippen LogP) is 4.64. The minimum absolute atomic E-state index is 0.135. The van der Waals surface area contributed by atoms with Crippen LogP contribution < -0.4 is 5.32 Å². The standard InChI is InChI=1S/C23H24FNO4/c1-15(29-20(26)13-8-16-6-5-7-18(24)14-16)21(27)17-9-11-19(12-10-17)25-22(28)23(2,3)4/h5-15H,1-4H3,(H,25,28)/b13-8+/t15-/m1/s1.